The van der Waals surface area contributed by atoms with Crippen LogP contribution in [0.25, 0.3) is 0 Å². The molecule has 0 radical (unpaired) electrons. The molecule has 2 aliphatic heterocycles. The molecular formula is C17H23N3O4S. The van der Waals surface area contributed by atoms with E-state index in [0.29, 0.717) is 30.1 Å². The van der Waals surface area contributed by atoms with Crippen LogP contribution in [0.4, 0.5) is 5.69 Å². The number of fused-ring (bicyclic) bond motifs is 3. The van der Waals surface area contributed by atoms with E-state index in [1.807, 2.05) is 11.8 Å². The number of hydrogen-bond acceptors (Lipinski definition) is 5. The van der Waals surface area contributed by atoms with Gasteiger partial charge in [-0.1, -0.05) is 6.42 Å². The number of nitrogens with zero attached hydrogens (tertiary/aromatic N) is 2. The number of benzene rings is 1. The van der Waals surface area contributed by atoms with Crippen LogP contribution < -0.4 is 10.2 Å². The second-order valence-corrected chi connectivity index (χ2v) is 8.03. The van der Waals surface area contributed by atoms with Crippen molar-refractivity contribution in [1.29, 1.82) is 0 Å². The van der Waals surface area contributed by atoms with E-state index in [0.717, 1.165) is 25.8 Å². The number of carbonyl (C=O) groups excluding carboxylic acids is 1. The van der Waals surface area contributed by atoms with Crippen LogP contribution in [0.15, 0.2) is 27.5 Å². The number of anilines is 1. The molecule has 0 saturated carbocycles. The molecule has 1 amide bonds. The standard InChI is InChI=1S/C17H23N3O4S/c1-12(11-24-2)18-17(21)13-7-8-14-15(10-13)25(22,23)19-16-6-4-3-5-9-20(14)16/h7-8,10,12H,3-6,9,11H2,1-2H3,(H,18,21)/t12-/m1/s1. The van der Waals surface area contributed by atoms with Gasteiger partial charge in [0, 0.05) is 31.7 Å². The first-order valence-electron chi connectivity index (χ1n) is 8.47. The monoisotopic (exact) mass is 365 g/mol. The Morgan fingerprint density at radius 1 is 1.36 bits per heavy atom. The third-order valence-corrected chi connectivity index (χ3v) is 5.74. The summed E-state index contributed by atoms with van der Waals surface area (Å²) in [7, 11) is -2.22. The largest absolute Gasteiger partial charge is 0.383 e. The van der Waals surface area contributed by atoms with Crippen molar-refractivity contribution in [2.24, 2.45) is 4.40 Å². The number of amides is 1. The molecule has 3 rings (SSSR count). The van der Waals surface area contributed by atoms with Crippen molar-refractivity contribution >= 4 is 27.5 Å². The van der Waals surface area contributed by atoms with Crippen LogP contribution >= 0.6 is 0 Å². The van der Waals surface area contributed by atoms with Crippen molar-refractivity contribution in [2.45, 2.75) is 43.5 Å². The minimum atomic E-state index is -3.78. The van der Waals surface area contributed by atoms with Crippen molar-refractivity contribution in [3.63, 3.8) is 0 Å². The lowest BCUT2D eigenvalue weighted by molar-refractivity contribution is 0.0905. The van der Waals surface area contributed by atoms with Crippen molar-refractivity contribution < 1.29 is 17.9 Å². The molecule has 0 aliphatic carbocycles. The Bertz CT molecular complexity index is 804. The molecule has 1 aromatic rings. The van der Waals surface area contributed by atoms with E-state index < -0.39 is 10.0 Å². The summed E-state index contributed by atoms with van der Waals surface area (Å²) in [5.74, 6) is 0.282. The summed E-state index contributed by atoms with van der Waals surface area (Å²) >= 11 is 0. The highest BCUT2D eigenvalue weighted by molar-refractivity contribution is 7.90. The van der Waals surface area contributed by atoms with Crippen molar-refractivity contribution in [1.82, 2.24) is 5.32 Å². The number of rotatable bonds is 4. The average Bonchev–Trinajstić information content (AvgIpc) is 2.79. The van der Waals surface area contributed by atoms with Crippen LogP contribution in [0.5, 0.6) is 0 Å². The highest BCUT2D eigenvalue weighted by atomic mass is 32.2. The van der Waals surface area contributed by atoms with Crippen molar-refractivity contribution in [3.8, 4) is 0 Å². The quantitative estimate of drug-likeness (QED) is 0.881. The van der Waals surface area contributed by atoms with Gasteiger partial charge in [-0.25, -0.2) is 0 Å². The van der Waals surface area contributed by atoms with E-state index in [2.05, 4.69) is 9.71 Å². The first kappa shape index (κ1) is 17.9. The third kappa shape index (κ3) is 3.69. The van der Waals surface area contributed by atoms with Gasteiger partial charge in [-0.2, -0.15) is 8.42 Å². The number of sulfonamides is 1. The Morgan fingerprint density at radius 3 is 2.92 bits per heavy atom. The molecular weight excluding hydrogens is 342 g/mol. The molecule has 0 bridgehead atoms. The Labute approximate surface area is 148 Å². The normalized spacial score (nSPS) is 19.9. The average molecular weight is 365 g/mol. The minimum Gasteiger partial charge on any atom is -0.383 e. The van der Waals surface area contributed by atoms with E-state index in [9.17, 15) is 13.2 Å². The van der Waals surface area contributed by atoms with Gasteiger partial charge in [0.1, 0.15) is 10.7 Å². The van der Waals surface area contributed by atoms with Crippen LogP contribution in [0, 0.1) is 0 Å². The van der Waals surface area contributed by atoms with Gasteiger partial charge in [-0.3, -0.25) is 4.79 Å². The SMILES string of the molecule is COC[C@@H](C)NC(=O)c1ccc2c(c1)S(=O)(=O)N=C1CCCCCN12. The molecule has 0 spiro atoms. The van der Waals surface area contributed by atoms with Crippen LogP contribution in [0.3, 0.4) is 0 Å². The second kappa shape index (κ2) is 7.13. The maximum absolute atomic E-state index is 12.6. The van der Waals surface area contributed by atoms with E-state index in [1.165, 1.54) is 6.07 Å². The highest BCUT2D eigenvalue weighted by Gasteiger charge is 2.32. The summed E-state index contributed by atoms with van der Waals surface area (Å²) in [6, 6.07) is 4.63. The lowest BCUT2D eigenvalue weighted by Crippen LogP contribution is -2.37. The number of methoxy groups -OCH3 is 1. The molecule has 1 atom stereocenters. The molecule has 1 saturated heterocycles. The fourth-order valence-electron chi connectivity index (χ4n) is 3.22. The number of amidine groups is 1. The molecule has 1 N–H and O–H groups in total. The first-order valence-corrected chi connectivity index (χ1v) is 9.91. The number of hydrogen-bond donors (Lipinski definition) is 1. The Kier molecular flexibility index (Phi) is 5.10. The predicted molar refractivity (Wildman–Crippen MR) is 95.7 cm³/mol. The van der Waals surface area contributed by atoms with E-state index in [-0.39, 0.29) is 16.8 Å². The Morgan fingerprint density at radius 2 is 2.16 bits per heavy atom. The molecule has 8 heteroatoms. The van der Waals surface area contributed by atoms with Gasteiger partial charge in [-0.15, -0.1) is 4.40 Å². The summed E-state index contributed by atoms with van der Waals surface area (Å²) in [4.78, 5) is 14.4. The summed E-state index contributed by atoms with van der Waals surface area (Å²) in [5, 5.41) is 2.79. The van der Waals surface area contributed by atoms with Gasteiger partial charge in [-0.05, 0) is 38.0 Å². The van der Waals surface area contributed by atoms with E-state index in [4.69, 9.17) is 4.74 Å². The molecule has 136 valence electrons. The fourth-order valence-corrected chi connectivity index (χ4v) is 4.50. The predicted octanol–water partition coefficient (Wildman–Crippen LogP) is 1.93. The van der Waals surface area contributed by atoms with Gasteiger partial charge in [0.05, 0.1) is 12.3 Å². The molecule has 7 nitrogen and oxygen atoms in total. The fraction of sp³-hybridized carbons (Fsp3) is 0.529. The summed E-state index contributed by atoms with van der Waals surface area (Å²) in [6.07, 6.45) is 3.66. The number of nitrogens with one attached hydrogen (secondary N) is 1. The second-order valence-electron chi connectivity index (χ2n) is 6.46. The summed E-state index contributed by atoms with van der Waals surface area (Å²) in [5.41, 5.74) is 0.923. The lowest BCUT2D eigenvalue weighted by Gasteiger charge is -2.29. The maximum Gasteiger partial charge on any atom is 0.286 e. The molecule has 0 unspecified atom stereocenters. The summed E-state index contributed by atoms with van der Waals surface area (Å²) < 4.78 is 34.1. The van der Waals surface area contributed by atoms with Gasteiger partial charge < -0.3 is 15.0 Å². The minimum absolute atomic E-state index is 0.102. The smallest absolute Gasteiger partial charge is 0.286 e. The van der Waals surface area contributed by atoms with E-state index >= 15 is 0 Å². The van der Waals surface area contributed by atoms with E-state index in [1.54, 1.807) is 19.2 Å². The zero-order chi connectivity index (χ0) is 18.0. The highest BCUT2D eigenvalue weighted by Crippen LogP contribution is 2.34. The number of ether oxygens (including phenoxy) is 1. The number of carbonyl (C=O) groups is 1. The third-order valence-electron chi connectivity index (χ3n) is 4.40. The van der Waals surface area contributed by atoms with Crippen molar-refractivity contribution in [2.75, 3.05) is 25.2 Å². The maximum atomic E-state index is 12.6. The zero-order valence-electron chi connectivity index (χ0n) is 14.5. The first-order chi connectivity index (χ1) is 11.9. The van der Waals surface area contributed by atoms with Gasteiger partial charge in [0.15, 0.2) is 0 Å². The molecule has 25 heavy (non-hydrogen) atoms. The molecule has 2 heterocycles. The van der Waals surface area contributed by atoms with Gasteiger partial charge in [0.25, 0.3) is 15.9 Å². The molecule has 1 fully saturated rings. The molecule has 0 aromatic heterocycles. The lowest BCUT2D eigenvalue weighted by atomic mass is 10.1. The Hall–Kier alpha value is -1.93. The van der Waals surface area contributed by atoms with Gasteiger partial charge in [0.2, 0.25) is 0 Å². The van der Waals surface area contributed by atoms with Crippen LogP contribution in [0.2, 0.25) is 0 Å². The van der Waals surface area contributed by atoms with Crippen LogP contribution in [0.1, 0.15) is 43.0 Å². The molecule has 2 aliphatic rings. The van der Waals surface area contributed by atoms with Crippen LogP contribution in [-0.2, 0) is 14.8 Å². The van der Waals surface area contributed by atoms with Crippen LogP contribution in [-0.4, -0.2) is 46.5 Å². The molecule has 1 aromatic carbocycles. The summed E-state index contributed by atoms with van der Waals surface area (Å²) in [6.45, 7) is 2.96. The topological polar surface area (TPSA) is 88.1 Å². The van der Waals surface area contributed by atoms with Crippen molar-refractivity contribution in [3.05, 3.63) is 23.8 Å². The van der Waals surface area contributed by atoms with Gasteiger partial charge >= 0.3 is 0 Å². The zero-order valence-corrected chi connectivity index (χ0v) is 15.3. The Balaban J connectivity index is 1.94.